The average Bonchev–Trinajstić information content (AvgIpc) is 3.18. The van der Waals surface area contributed by atoms with E-state index in [4.69, 9.17) is 4.42 Å². The summed E-state index contributed by atoms with van der Waals surface area (Å²) in [6, 6.07) is 13.1. The number of nitrogens with zero attached hydrogens (tertiary/aromatic N) is 2. The molecule has 1 aromatic heterocycles. The zero-order valence-electron chi connectivity index (χ0n) is 15.8. The van der Waals surface area contributed by atoms with Crippen molar-refractivity contribution in [2.75, 3.05) is 19.0 Å². The molecule has 1 heterocycles. The molecule has 148 valence electrons. The third-order valence-corrected chi connectivity index (χ3v) is 3.90. The van der Waals surface area contributed by atoms with E-state index in [1.807, 2.05) is 0 Å². The quantitative estimate of drug-likeness (QED) is 0.614. The van der Waals surface area contributed by atoms with Crippen LogP contribution in [0.15, 0.2) is 52.9 Å². The number of hydrogen-bond donors (Lipinski definition) is 2. The first-order valence-electron chi connectivity index (χ1n) is 8.63. The highest BCUT2D eigenvalue weighted by Crippen LogP contribution is 2.20. The largest absolute Gasteiger partial charge is 0.468 e. The summed E-state index contributed by atoms with van der Waals surface area (Å²) in [6.45, 7) is 1.44. The molecule has 0 spiro atoms. The van der Waals surface area contributed by atoms with Crippen LogP contribution in [0.4, 0.5) is 5.69 Å². The predicted molar refractivity (Wildman–Crippen MR) is 103 cm³/mol. The van der Waals surface area contributed by atoms with Crippen molar-refractivity contribution in [3.05, 3.63) is 65.5 Å². The Morgan fingerprint density at radius 1 is 1.00 bits per heavy atom. The second-order valence-corrected chi connectivity index (χ2v) is 6.00. The molecule has 29 heavy (non-hydrogen) atoms. The van der Waals surface area contributed by atoms with E-state index in [2.05, 4.69) is 25.6 Å². The molecular weight excluding hydrogens is 376 g/mol. The zero-order valence-corrected chi connectivity index (χ0v) is 15.8. The van der Waals surface area contributed by atoms with Gasteiger partial charge in [0.1, 0.15) is 6.54 Å². The number of benzene rings is 2. The standard InChI is InChI=1S/C20H18N4O5/c1-12-23-24-20(29-12)15-7-3-5-13(9-15)19(27)22-16-8-4-6-14(10-16)18(26)21-11-17(25)28-2/h3-10H,11H2,1-2H3,(H,21,26)(H,22,27). The Hall–Kier alpha value is -4.01. The van der Waals surface area contributed by atoms with Gasteiger partial charge in [-0.3, -0.25) is 14.4 Å². The molecule has 0 saturated heterocycles. The number of esters is 1. The summed E-state index contributed by atoms with van der Waals surface area (Å²) in [5, 5.41) is 12.9. The van der Waals surface area contributed by atoms with Crippen molar-refractivity contribution >= 4 is 23.5 Å². The molecule has 2 N–H and O–H groups in total. The van der Waals surface area contributed by atoms with Gasteiger partial charge in [-0.2, -0.15) is 0 Å². The Kier molecular flexibility index (Phi) is 5.98. The molecule has 0 atom stereocenters. The normalized spacial score (nSPS) is 10.3. The lowest BCUT2D eigenvalue weighted by molar-refractivity contribution is -0.139. The van der Waals surface area contributed by atoms with Crippen LogP contribution in [0.1, 0.15) is 26.6 Å². The topological polar surface area (TPSA) is 123 Å². The van der Waals surface area contributed by atoms with Crippen LogP contribution < -0.4 is 10.6 Å². The van der Waals surface area contributed by atoms with Gasteiger partial charge < -0.3 is 19.8 Å². The number of anilines is 1. The maximum absolute atomic E-state index is 12.6. The van der Waals surface area contributed by atoms with E-state index >= 15 is 0 Å². The van der Waals surface area contributed by atoms with E-state index in [0.29, 0.717) is 34.2 Å². The number of methoxy groups -OCH3 is 1. The highest BCUT2D eigenvalue weighted by atomic mass is 16.5. The Bertz CT molecular complexity index is 1060. The minimum Gasteiger partial charge on any atom is -0.468 e. The van der Waals surface area contributed by atoms with Gasteiger partial charge in [-0.25, -0.2) is 0 Å². The van der Waals surface area contributed by atoms with Crippen molar-refractivity contribution in [1.29, 1.82) is 0 Å². The highest BCUT2D eigenvalue weighted by molar-refractivity contribution is 6.05. The number of hydrogen-bond acceptors (Lipinski definition) is 7. The molecule has 9 heteroatoms. The molecular formula is C20H18N4O5. The van der Waals surface area contributed by atoms with Crippen molar-refractivity contribution in [2.45, 2.75) is 6.92 Å². The van der Waals surface area contributed by atoms with Crippen molar-refractivity contribution in [3.63, 3.8) is 0 Å². The third kappa shape index (κ3) is 5.04. The molecule has 0 radical (unpaired) electrons. The summed E-state index contributed by atoms with van der Waals surface area (Å²) in [4.78, 5) is 35.9. The molecule has 3 aromatic rings. The summed E-state index contributed by atoms with van der Waals surface area (Å²) < 4.78 is 9.86. The van der Waals surface area contributed by atoms with Gasteiger partial charge in [0.25, 0.3) is 11.8 Å². The zero-order chi connectivity index (χ0) is 20.8. The van der Waals surface area contributed by atoms with Crippen LogP contribution in [0.3, 0.4) is 0 Å². The lowest BCUT2D eigenvalue weighted by Gasteiger charge is -2.08. The summed E-state index contributed by atoms with van der Waals surface area (Å²) >= 11 is 0. The van der Waals surface area contributed by atoms with Gasteiger partial charge in [0.05, 0.1) is 7.11 Å². The minimum atomic E-state index is -0.556. The Morgan fingerprint density at radius 3 is 2.41 bits per heavy atom. The third-order valence-electron chi connectivity index (χ3n) is 3.90. The average molecular weight is 394 g/mol. The van der Waals surface area contributed by atoms with Crippen molar-refractivity contribution in [3.8, 4) is 11.5 Å². The van der Waals surface area contributed by atoms with Gasteiger partial charge in [-0.05, 0) is 36.4 Å². The molecule has 3 rings (SSSR count). The van der Waals surface area contributed by atoms with E-state index in [1.54, 1.807) is 49.4 Å². The summed E-state index contributed by atoms with van der Waals surface area (Å²) in [5.74, 6) is -0.631. The lowest BCUT2D eigenvalue weighted by atomic mass is 10.1. The number of carbonyl (C=O) groups excluding carboxylic acids is 3. The van der Waals surface area contributed by atoms with Crippen molar-refractivity contribution in [1.82, 2.24) is 15.5 Å². The maximum atomic E-state index is 12.6. The Labute approximate surface area is 166 Å². The smallest absolute Gasteiger partial charge is 0.325 e. The fourth-order valence-corrected chi connectivity index (χ4v) is 2.47. The van der Waals surface area contributed by atoms with Gasteiger partial charge in [0.2, 0.25) is 11.8 Å². The van der Waals surface area contributed by atoms with Gasteiger partial charge in [0.15, 0.2) is 0 Å². The number of amides is 2. The first kappa shape index (κ1) is 19.7. The van der Waals surface area contributed by atoms with Crippen LogP contribution in [0.25, 0.3) is 11.5 Å². The fraction of sp³-hybridized carbons (Fsp3) is 0.150. The molecule has 0 saturated carbocycles. The number of carbonyl (C=O) groups is 3. The lowest BCUT2D eigenvalue weighted by Crippen LogP contribution is -2.30. The molecule has 0 fully saturated rings. The van der Waals surface area contributed by atoms with Crippen LogP contribution in [-0.4, -0.2) is 41.6 Å². The molecule has 0 unspecified atom stereocenters. The van der Waals surface area contributed by atoms with Crippen LogP contribution in [0, 0.1) is 6.92 Å². The predicted octanol–water partition coefficient (Wildman–Crippen LogP) is 2.20. The Balaban J connectivity index is 1.71. The van der Waals surface area contributed by atoms with Crippen molar-refractivity contribution < 1.29 is 23.5 Å². The van der Waals surface area contributed by atoms with E-state index in [0.717, 1.165) is 0 Å². The number of aryl methyl sites for hydroxylation is 1. The van der Waals surface area contributed by atoms with E-state index in [9.17, 15) is 14.4 Å². The monoisotopic (exact) mass is 394 g/mol. The molecule has 0 aliphatic heterocycles. The summed E-state index contributed by atoms with van der Waals surface area (Å²) in [7, 11) is 1.24. The molecule has 2 aromatic carbocycles. The van der Waals surface area contributed by atoms with Gasteiger partial charge in [-0.15, -0.1) is 10.2 Å². The Morgan fingerprint density at radius 2 is 1.72 bits per heavy atom. The second-order valence-electron chi connectivity index (χ2n) is 6.00. The molecule has 0 aliphatic carbocycles. The summed E-state index contributed by atoms with van der Waals surface area (Å²) in [6.07, 6.45) is 0. The second kappa shape index (κ2) is 8.79. The highest BCUT2D eigenvalue weighted by Gasteiger charge is 2.13. The van der Waals surface area contributed by atoms with Gasteiger partial charge in [0, 0.05) is 29.3 Å². The van der Waals surface area contributed by atoms with Gasteiger partial charge in [-0.1, -0.05) is 12.1 Å². The van der Waals surface area contributed by atoms with Crippen LogP contribution >= 0.6 is 0 Å². The molecule has 0 aliphatic rings. The fourth-order valence-electron chi connectivity index (χ4n) is 2.47. The number of rotatable bonds is 6. The minimum absolute atomic E-state index is 0.242. The van der Waals surface area contributed by atoms with Crippen LogP contribution in [-0.2, 0) is 9.53 Å². The first-order chi connectivity index (χ1) is 14.0. The first-order valence-corrected chi connectivity index (χ1v) is 8.63. The SMILES string of the molecule is COC(=O)CNC(=O)c1cccc(NC(=O)c2cccc(-c3nnc(C)o3)c2)c1. The molecule has 0 bridgehead atoms. The molecule has 2 amide bonds. The molecule has 9 nitrogen and oxygen atoms in total. The van der Waals surface area contributed by atoms with E-state index in [1.165, 1.54) is 13.2 Å². The van der Waals surface area contributed by atoms with Crippen LogP contribution in [0.5, 0.6) is 0 Å². The van der Waals surface area contributed by atoms with Crippen LogP contribution in [0.2, 0.25) is 0 Å². The number of aromatic nitrogens is 2. The van der Waals surface area contributed by atoms with Gasteiger partial charge >= 0.3 is 5.97 Å². The van der Waals surface area contributed by atoms with E-state index in [-0.39, 0.29) is 12.5 Å². The van der Waals surface area contributed by atoms with Crippen molar-refractivity contribution in [2.24, 2.45) is 0 Å². The van der Waals surface area contributed by atoms with E-state index < -0.39 is 11.9 Å². The summed E-state index contributed by atoms with van der Waals surface area (Å²) in [5.41, 5.74) is 1.73. The maximum Gasteiger partial charge on any atom is 0.325 e. The number of ether oxygens (including phenoxy) is 1. The number of nitrogens with one attached hydrogen (secondary N) is 2.